The number of aryl methyl sites for hydroxylation is 2. The SMILES string of the molecule is Cc1cc(C(O)c2cccc(Cl)c2)sc1C. The van der Waals surface area contributed by atoms with Crippen LogP contribution in [0.1, 0.15) is 27.0 Å². The number of aliphatic hydroxyl groups excluding tert-OH is 1. The van der Waals surface area contributed by atoms with Crippen molar-refractivity contribution in [2.45, 2.75) is 20.0 Å². The summed E-state index contributed by atoms with van der Waals surface area (Å²) in [6.07, 6.45) is -0.573. The summed E-state index contributed by atoms with van der Waals surface area (Å²) in [6.45, 7) is 4.12. The predicted molar refractivity (Wildman–Crippen MR) is 69.3 cm³/mol. The van der Waals surface area contributed by atoms with Crippen molar-refractivity contribution in [2.75, 3.05) is 0 Å². The van der Waals surface area contributed by atoms with Crippen LogP contribution in [0.5, 0.6) is 0 Å². The van der Waals surface area contributed by atoms with E-state index in [0.29, 0.717) is 5.02 Å². The third-order valence-electron chi connectivity index (χ3n) is 2.62. The van der Waals surface area contributed by atoms with Gasteiger partial charge in [0.25, 0.3) is 0 Å². The summed E-state index contributed by atoms with van der Waals surface area (Å²) in [5.74, 6) is 0. The molecule has 0 radical (unpaired) electrons. The highest BCUT2D eigenvalue weighted by Gasteiger charge is 2.13. The van der Waals surface area contributed by atoms with Gasteiger partial charge in [-0.1, -0.05) is 23.7 Å². The minimum absolute atomic E-state index is 0.573. The third kappa shape index (κ3) is 2.29. The van der Waals surface area contributed by atoms with Crippen LogP contribution in [0.2, 0.25) is 5.02 Å². The molecule has 1 nitrogen and oxygen atoms in total. The molecular weight excluding hydrogens is 240 g/mol. The number of aliphatic hydroxyl groups is 1. The monoisotopic (exact) mass is 252 g/mol. The van der Waals surface area contributed by atoms with Crippen molar-refractivity contribution in [3.8, 4) is 0 Å². The maximum Gasteiger partial charge on any atom is 0.113 e. The fourth-order valence-corrected chi connectivity index (χ4v) is 2.83. The van der Waals surface area contributed by atoms with Crippen molar-refractivity contribution >= 4 is 22.9 Å². The summed E-state index contributed by atoms with van der Waals surface area (Å²) in [5.41, 5.74) is 2.06. The number of halogens is 1. The number of rotatable bonds is 2. The first-order valence-corrected chi connectivity index (χ1v) is 6.28. The molecule has 0 saturated carbocycles. The Kier molecular flexibility index (Phi) is 3.33. The first kappa shape index (κ1) is 11.6. The maximum absolute atomic E-state index is 10.2. The van der Waals surface area contributed by atoms with Crippen LogP contribution in [0, 0.1) is 13.8 Å². The van der Waals surface area contributed by atoms with Gasteiger partial charge in [-0.05, 0) is 43.2 Å². The van der Waals surface area contributed by atoms with E-state index in [-0.39, 0.29) is 0 Å². The molecule has 84 valence electrons. The zero-order valence-corrected chi connectivity index (χ0v) is 10.8. The highest BCUT2D eigenvalue weighted by molar-refractivity contribution is 7.12. The van der Waals surface area contributed by atoms with Crippen molar-refractivity contribution in [1.82, 2.24) is 0 Å². The Bertz CT molecular complexity index is 485. The van der Waals surface area contributed by atoms with Crippen LogP contribution in [0.15, 0.2) is 30.3 Å². The van der Waals surface area contributed by atoms with Gasteiger partial charge in [0.15, 0.2) is 0 Å². The lowest BCUT2D eigenvalue weighted by Gasteiger charge is -2.08. The lowest BCUT2D eigenvalue weighted by Crippen LogP contribution is -1.96. The van der Waals surface area contributed by atoms with E-state index in [9.17, 15) is 5.11 Å². The largest absolute Gasteiger partial charge is 0.383 e. The Hall–Kier alpha value is -0.830. The molecular formula is C13H13ClOS. The second-order valence-electron chi connectivity index (χ2n) is 3.85. The molecule has 0 bridgehead atoms. The average molecular weight is 253 g/mol. The molecule has 1 unspecified atom stereocenters. The van der Waals surface area contributed by atoms with E-state index in [0.717, 1.165) is 10.4 Å². The molecule has 1 aromatic heterocycles. The molecule has 2 rings (SSSR count). The van der Waals surface area contributed by atoms with Gasteiger partial charge in [0.1, 0.15) is 6.10 Å². The second-order valence-corrected chi connectivity index (χ2v) is 5.57. The van der Waals surface area contributed by atoms with Gasteiger partial charge in [-0.2, -0.15) is 0 Å². The van der Waals surface area contributed by atoms with E-state index < -0.39 is 6.10 Å². The highest BCUT2D eigenvalue weighted by atomic mass is 35.5. The molecule has 0 fully saturated rings. The Morgan fingerprint density at radius 1 is 1.25 bits per heavy atom. The summed E-state index contributed by atoms with van der Waals surface area (Å²) >= 11 is 7.54. The van der Waals surface area contributed by atoms with Crippen molar-refractivity contribution in [1.29, 1.82) is 0 Å². The molecule has 0 amide bonds. The Morgan fingerprint density at radius 3 is 2.56 bits per heavy atom. The zero-order valence-electron chi connectivity index (χ0n) is 9.20. The molecule has 0 saturated heterocycles. The van der Waals surface area contributed by atoms with Crippen molar-refractivity contribution in [3.05, 3.63) is 56.2 Å². The Morgan fingerprint density at radius 2 is 2.00 bits per heavy atom. The number of hydrogen-bond donors (Lipinski definition) is 1. The van der Waals surface area contributed by atoms with Crippen LogP contribution in [0.25, 0.3) is 0 Å². The van der Waals surface area contributed by atoms with Crippen LogP contribution < -0.4 is 0 Å². The smallest absolute Gasteiger partial charge is 0.113 e. The lowest BCUT2D eigenvalue weighted by molar-refractivity contribution is 0.224. The van der Waals surface area contributed by atoms with Gasteiger partial charge in [-0.15, -0.1) is 11.3 Å². The summed E-state index contributed by atoms with van der Waals surface area (Å²) in [6, 6.07) is 9.39. The Balaban J connectivity index is 2.35. The average Bonchev–Trinajstić information content (AvgIpc) is 2.58. The minimum atomic E-state index is -0.573. The minimum Gasteiger partial charge on any atom is -0.383 e. The van der Waals surface area contributed by atoms with Gasteiger partial charge in [-0.25, -0.2) is 0 Å². The summed E-state index contributed by atoms with van der Waals surface area (Å²) in [5, 5.41) is 10.9. The van der Waals surface area contributed by atoms with E-state index >= 15 is 0 Å². The molecule has 0 spiro atoms. The predicted octanol–water partition coefficient (Wildman–Crippen LogP) is 4.10. The Labute approximate surface area is 104 Å². The second kappa shape index (κ2) is 4.58. The van der Waals surface area contributed by atoms with Crippen molar-refractivity contribution in [3.63, 3.8) is 0 Å². The van der Waals surface area contributed by atoms with Crippen LogP contribution in [-0.4, -0.2) is 5.11 Å². The molecule has 16 heavy (non-hydrogen) atoms. The number of benzene rings is 1. The maximum atomic E-state index is 10.2. The quantitative estimate of drug-likeness (QED) is 0.853. The van der Waals surface area contributed by atoms with E-state index in [1.165, 1.54) is 10.4 Å². The standard InChI is InChI=1S/C13H13ClOS/c1-8-6-12(16-9(8)2)13(15)10-4-3-5-11(14)7-10/h3-7,13,15H,1-2H3. The summed E-state index contributed by atoms with van der Waals surface area (Å²) in [7, 11) is 0. The highest BCUT2D eigenvalue weighted by Crippen LogP contribution is 2.31. The van der Waals surface area contributed by atoms with Gasteiger partial charge >= 0.3 is 0 Å². The van der Waals surface area contributed by atoms with Gasteiger partial charge < -0.3 is 5.11 Å². The van der Waals surface area contributed by atoms with Crippen LogP contribution >= 0.6 is 22.9 Å². The molecule has 0 aliphatic carbocycles. The number of hydrogen-bond acceptors (Lipinski definition) is 2. The van der Waals surface area contributed by atoms with Gasteiger partial charge in [0, 0.05) is 14.8 Å². The molecule has 1 aromatic carbocycles. The molecule has 0 aliphatic rings. The van der Waals surface area contributed by atoms with Crippen molar-refractivity contribution < 1.29 is 5.11 Å². The summed E-state index contributed by atoms with van der Waals surface area (Å²) < 4.78 is 0. The molecule has 1 N–H and O–H groups in total. The summed E-state index contributed by atoms with van der Waals surface area (Å²) in [4.78, 5) is 2.22. The fourth-order valence-electron chi connectivity index (χ4n) is 1.58. The normalized spacial score (nSPS) is 12.8. The van der Waals surface area contributed by atoms with Gasteiger partial charge in [-0.3, -0.25) is 0 Å². The molecule has 1 heterocycles. The topological polar surface area (TPSA) is 20.2 Å². The molecule has 1 atom stereocenters. The van der Waals surface area contributed by atoms with E-state index in [1.54, 1.807) is 17.4 Å². The first-order valence-electron chi connectivity index (χ1n) is 5.08. The first-order chi connectivity index (χ1) is 7.58. The zero-order chi connectivity index (χ0) is 11.7. The van der Waals surface area contributed by atoms with Crippen molar-refractivity contribution in [2.24, 2.45) is 0 Å². The van der Waals surface area contributed by atoms with Crippen LogP contribution in [0.3, 0.4) is 0 Å². The lowest BCUT2D eigenvalue weighted by atomic mass is 10.1. The van der Waals surface area contributed by atoms with Gasteiger partial charge in [0.2, 0.25) is 0 Å². The van der Waals surface area contributed by atoms with E-state index in [1.807, 2.05) is 24.3 Å². The van der Waals surface area contributed by atoms with Crippen LogP contribution in [0.4, 0.5) is 0 Å². The van der Waals surface area contributed by atoms with E-state index in [4.69, 9.17) is 11.6 Å². The molecule has 3 heteroatoms. The number of thiophene rings is 1. The van der Waals surface area contributed by atoms with Crippen LogP contribution in [-0.2, 0) is 0 Å². The third-order valence-corrected chi connectivity index (χ3v) is 4.06. The fraction of sp³-hybridized carbons (Fsp3) is 0.231. The van der Waals surface area contributed by atoms with E-state index in [2.05, 4.69) is 13.8 Å². The van der Waals surface area contributed by atoms with Gasteiger partial charge in [0.05, 0.1) is 0 Å². The molecule has 2 aromatic rings. The molecule has 0 aliphatic heterocycles.